The number of amides is 1. The van der Waals surface area contributed by atoms with Crippen molar-refractivity contribution in [2.24, 2.45) is 0 Å². The molecule has 1 amide bonds. The predicted octanol–water partition coefficient (Wildman–Crippen LogP) is 1.07. The van der Waals surface area contributed by atoms with Gasteiger partial charge < -0.3 is 15.1 Å². The van der Waals surface area contributed by atoms with Crippen molar-refractivity contribution in [1.82, 2.24) is 19.8 Å². The highest BCUT2D eigenvalue weighted by atomic mass is 16.2. The van der Waals surface area contributed by atoms with Crippen molar-refractivity contribution < 1.29 is 4.79 Å². The average Bonchev–Trinajstić information content (AvgIpc) is 2.67. The van der Waals surface area contributed by atoms with E-state index in [0.717, 1.165) is 32.5 Å². The van der Waals surface area contributed by atoms with E-state index < -0.39 is 0 Å². The van der Waals surface area contributed by atoms with E-state index in [4.69, 9.17) is 0 Å². The molecule has 1 saturated heterocycles. The van der Waals surface area contributed by atoms with E-state index in [9.17, 15) is 4.79 Å². The third-order valence-electron chi connectivity index (χ3n) is 3.76. The van der Waals surface area contributed by atoms with Crippen LogP contribution in [0.2, 0.25) is 0 Å². The van der Waals surface area contributed by atoms with Crippen LogP contribution in [-0.2, 0) is 0 Å². The lowest BCUT2D eigenvalue weighted by Crippen LogP contribution is -2.43. The fourth-order valence-corrected chi connectivity index (χ4v) is 2.57. The van der Waals surface area contributed by atoms with E-state index in [1.54, 1.807) is 19.4 Å². The molecule has 2 heterocycles. The van der Waals surface area contributed by atoms with Crippen LogP contribution in [0.1, 0.15) is 30.3 Å². The number of nitrogens with zero attached hydrogens (tertiary/aromatic N) is 4. The van der Waals surface area contributed by atoms with Gasteiger partial charge in [0.25, 0.3) is 5.91 Å². The topological polar surface area (TPSA) is 61.4 Å². The minimum absolute atomic E-state index is 0.0118. The fraction of sp³-hybridized carbons (Fsp3) is 0.643. The number of hydrogen-bond acceptors (Lipinski definition) is 5. The second-order valence-electron chi connectivity index (χ2n) is 5.21. The molecule has 1 fully saturated rings. The molecular formula is C14H23N5O. The highest BCUT2D eigenvalue weighted by molar-refractivity contribution is 5.92. The van der Waals surface area contributed by atoms with E-state index in [1.807, 2.05) is 4.90 Å². The molecule has 2 rings (SSSR count). The van der Waals surface area contributed by atoms with E-state index in [-0.39, 0.29) is 11.9 Å². The fourth-order valence-electron chi connectivity index (χ4n) is 2.57. The zero-order valence-electron chi connectivity index (χ0n) is 12.5. The lowest BCUT2D eigenvalue weighted by molar-refractivity contribution is 0.0669. The summed E-state index contributed by atoms with van der Waals surface area (Å²) in [5.41, 5.74) is 0.423. The van der Waals surface area contributed by atoms with Crippen LogP contribution >= 0.6 is 0 Å². The third kappa shape index (κ3) is 3.25. The molecule has 1 aromatic heterocycles. The first-order valence-corrected chi connectivity index (χ1v) is 7.15. The summed E-state index contributed by atoms with van der Waals surface area (Å²) >= 11 is 0. The molecule has 1 atom stereocenters. The van der Waals surface area contributed by atoms with Gasteiger partial charge >= 0.3 is 0 Å². The van der Waals surface area contributed by atoms with Crippen molar-refractivity contribution >= 4 is 11.7 Å². The minimum Gasteiger partial charge on any atom is -0.372 e. The summed E-state index contributed by atoms with van der Waals surface area (Å²) in [5, 5.41) is 2.90. The van der Waals surface area contributed by atoms with Gasteiger partial charge in [-0.3, -0.25) is 4.79 Å². The molecule has 0 bridgehead atoms. The standard InChI is InChI=1S/C14H23N5O/c1-4-11-10-18(3)6-5-7-19(11)14(20)12-8-17-13(15-2)9-16-12/h8-9,11H,4-7,10H2,1-3H3,(H,15,17). The smallest absolute Gasteiger partial charge is 0.274 e. The Morgan fingerprint density at radius 1 is 1.40 bits per heavy atom. The van der Waals surface area contributed by atoms with Crippen LogP contribution in [0.15, 0.2) is 12.4 Å². The van der Waals surface area contributed by atoms with Crippen molar-refractivity contribution in [3.05, 3.63) is 18.1 Å². The Labute approximate surface area is 120 Å². The van der Waals surface area contributed by atoms with E-state index in [0.29, 0.717) is 11.5 Å². The van der Waals surface area contributed by atoms with Gasteiger partial charge in [0, 0.05) is 26.2 Å². The molecule has 0 aliphatic carbocycles. The summed E-state index contributed by atoms with van der Waals surface area (Å²) in [5.74, 6) is 0.659. The van der Waals surface area contributed by atoms with Crippen LogP contribution in [0.4, 0.5) is 5.82 Å². The zero-order valence-corrected chi connectivity index (χ0v) is 12.5. The average molecular weight is 277 g/mol. The Hall–Kier alpha value is -1.69. The van der Waals surface area contributed by atoms with Crippen LogP contribution in [0.3, 0.4) is 0 Å². The first kappa shape index (κ1) is 14.7. The number of hydrogen-bond donors (Lipinski definition) is 1. The summed E-state index contributed by atoms with van der Waals surface area (Å²) in [4.78, 5) is 25.2. The molecule has 0 aromatic carbocycles. The highest BCUT2D eigenvalue weighted by Crippen LogP contribution is 2.15. The summed E-state index contributed by atoms with van der Waals surface area (Å²) in [6, 6.07) is 0.251. The summed E-state index contributed by atoms with van der Waals surface area (Å²) in [6.45, 7) is 4.87. The summed E-state index contributed by atoms with van der Waals surface area (Å²) < 4.78 is 0. The first-order chi connectivity index (χ1) is 9.65. The Bertz CT molecular complexity index is 447. The van der Waals surface area contributed by atoms with Gasteiger partial charge in [0.05, 0.1) is 12.4 Å². The quantitative estimate of drug-likeness (QED) is 0.895. The summed E-state index contributed by atoms with van der Waals surface area (Å²) in [6.07, 6.45) is 5.10. The Kier molecular flexibility index (Phi) is 4.89. The van der Waals surface area contributed by atoms with E-state index in [1.165, 1.54) is 0 Å². The lowest BCUT2D eigenvalue weighted by atomic mass is 10.1. The van der Waals surface area contributed by atoms with Crippen molar-refractivity contribution in [3.8, 4) is 0 Å². The molecule has 1 unspecified atom stereocenters. The van der Waals surface area contributed by atoms with E-state index >= 15 is 0 Å². The highest BCUT2D eigenvalue weighted by Gasteiger charge is 2.27. The third-order valence-corrected chi connectivity index (χ3v) is 3.76. The molecule has 0 saturated carbocycles. The zero-order chi connectivity index (χ0) is 14.5. The minimum atomic E-state index is -0.0118. The molecule has 1 aliphatic heterocycles. The molecule has 1 aromatic rings. The molecule has 110 valence electrons. The van der Waals surface area contributed by atoms with Crippen LogP contribution < -0.4 is 5.32 Å². The number of carbonyl (C=O) groups excluding carboxylic acids is 1. The second kappa shape index (κ2) is 6.65. The van der Waals surface area contributed by atoms with Crippen LogP contribution in [0, 0.1) is 0 Å². The largest absolute Gasteiger partial charge is 0.372 e. The maximum absolute atomic E-state index is 12.6. The molecule has 6 heteroatoms. The van der Waals surface area contributed by atoms with E-state index in [2.05, 4.69) is 34.2 Å². The van der Waals surface area contributed by atoms with Gasteiger partial charge in [0.2, 0.25) is 0 Å². The van der Waals surface area contributed by atoms with Crippen LogP contribution in [0.25, 0.3) is 0 Å². The molecule has 1 aliphatic rings. The SMILES string of the molecule is CCC1CN(C)CCCN1C(=O)c1cnc(NC)cn1. The number of aromatic nitrogens is 2. The lowest BCUT2D eigenvalue weighted by Gasteiger charge is -2.29. The number of rotatable bonds is 3. The molecule has 20 heavy (non-hydrogen) atoms. The molecular weight excluding hydrogens is 254 g/mol. The molecule has 0 spiro atoms. The molecule has 1 N–H and O–H groups in total. The maximum atomic E-state index is 12.6. The van der Waals surface area contributed by atoms with Crippen LogP contribution in [0.5, 0.6) is 0 Å². The molecule has 0 radical (unpaired) electrons. The number of likely N-dealkylation sites (N-methyl/N-ethyl adjacent to an activating group) is 1. The van der Waals surface area contributed by atoms with Crippen molar-refractivity contribution in [2.45, 2.75) is 25.8 Å². The Morgan fingerprint density at radius 2 is 2.20 bits per heavy atom. The van der Waals surface area contributed by atoms with Crippen molar-refractivity contribution in [3.63, 3.8) is 0 Å². The Morgan fingerprint density at radius 3 is 2.80 bits per heavy atom. The normalized spacial score (nSPS) is 20.6. The van der Waals surface area contributed by atoms with Crippen molar-refractivity contribution in [1.29, 1.82) is 0 Å². The monoisotopic (exact) mass is 277 g/mol. The van der Waals surface area contributed by atoms with Gasteiger partial charge in [-0.1, -0.05) is 6.92 Å². The predicted molar refractivity (Wildman–Crippen MR) is 78.8 cm³/mol. The van der Waals surface area contributed by atoms with Crippen LogP contribution in [-0.4, -0.2) is 65.4 Å². The van der Waals surface area contributed by atoms with Gasteiger partial charge in [-0.25, -0.2) is 9.97 Å². The molecule has 6 nitrogen and oxygen atoms in total. The number of nitrogens with one attached hydrogen (secondary N) is 1. The van der Waals surface area contributed by atoms with Gasteiger partial charge in [-0.2, -0.15) is 0 Å². The van der Waals surface area contributed by atoms with Gasteiger partial charge in [0.1, 0.15) is 11.5 Å². The summed E-state index contributed by atoms with van der Waals surface area (Å²) in [7, 11) is 3.89. The Balaban J connectivity index is 2.16. The van der Waals surface area contributed by atoms with Crippen molar-refractivity contribution in [2.75, 3.05) is 39.0 Å². The second-order valence-corrected chi connectivity index (χ2v) is 5.21. The first-order valence-electron chi connectivity index (χ1n) is 7.15. The number of anilines is 1. The van der Waals surface area contributed by atoms with Gasteiger partial charge in [-0.05, 0) is 26.4 Å². The number of carbonyl (C=O) groups is 1. The van der Waals surface area contributed by atoms with Gasteiger partial charge in [0.15, 0.2) is 0 Å². The maximum Gasteiger partial charge on any atom is 0.274 e. The van der Waals surface area contributed by atoms with Gasteiger partial charge in [-0.15, -0.1) is 0 Å².